The molecular weight excluding hydrogens is 338 g/mol. The number of carbonyl (C=O) groups excluding carboxylic acids is 2. The third-order valence-electron chi connectivity index (χ3n) is 5.75. The zero-order valence-corrected chi connectivity index (χ0v) is 15.5. The molecule has 2 aromatic rings. The Morgan fingerprint density at radius 1 is 0.778 bits per heavy atom. The summed E-state index contributed by atoms with van der Waals surface area (Å²) >= 11 is 0. The molecule has 2 aromatic carbocycles. The monoisotopic (exact) mass is 363 g/mol. The molecule has 1 saturated carbocycles. The molecule has 0 unspecified atom stereocenters. The molecule has 0 radical (unpaired) electrons. The number of rotatable bonds is 6. The molecule has 27 heavy (non-hydrogen) atoms. The van der Waals surface area contributed by atoms with Crippen LogP contribution in [0.2, 0.25) is 0 Å². The van der Waals surface area contributed by atoms with Crippen LogP contribution in [-0.4, -0.2) is 29.9 Å². The van der Waals surface area contributed by atoms with Crippen molar-refractivity contribution in [2.45, 2.75) is 32.3 Å². The number of benzene rings is 2. The molecule has 0 N–H and O–H groups in total. The summed E-state index contributed by atoms with van der Waals surface area (Å²) in [6, 6.07) is 17.4. The fourth-order valence-electron chi connectivity index (χ4n) is 4.16. The number of ether oxygens (including phenoxy) is 1. The van der Waals surface area contributed by atoms with Crippen LogP contribution in [0.4, 0.5) is 0 Å². The molecular formula is C23H25NO3. The first-order valence-electron chi connectivity index (χ1n) is 9.79. The third-order valence-corrected chi connectivity index (χ3v) is 5.75. The minimum atomic E-state index is -0.135. The minimum Gasteiger partial charge on any atom is -0.376 e. The smallest absolute Gasteiger partial charge is 0.261 e. The van der Waals surface area contributed by atoms with E-state index in [2.05, 4.69) is 12.1 Å². The summed E-state index contributed by atoms with van der Waals surface area (Å²) in [6.45, 7) is 1.99. The summed E-state index contributed by atoms with van der Waals surface area (Å²) in [5.74, 6) is 0.706. The van der Waals surface area contributed by atoms with Gasteiger partial charge in [0.05, 0.1) is 17.7 Å². The Balaban J connectivity index is 1.23. The summed E-state index contributed by atoms with van der Waals surface area (Å²) in [4.78, 5) is 26.5. The van der Waals surface area contributed by atoms with Crippen molar-refractivity contribution in [3.8, 4) is 0 Å². The van der Waals surface area contributed by atoms with Crippen LogP contribution in [0.1, 0.15) is 52.0 Å². The highest BCUT2D eigenvalue weighted by atomic mass is 16.5. The highest BCUT2D eigenvalue weighted by molar-refractivity contribution is 6.21. The molecule has 1 fully saturated rings. The molecule has 1 heterocycles. The van der Waals surface area contributed by atoms with Gasteiger partial charge in [0.2, 0.25) is 0 Å². The summed E-state index contributed by atoms with van der Waals surface area (Å²) in [7, 11) is 0. The average molecular weight is 363 g/mol. The van der Waals surface area contributed by atoms with Crippen molar-refractivity contribution in [3.63, 3.8) is 0 Å². The van der Waals surface area contributed by atoms with Gasteiger partial charge < -0.3 is 4.74 Å². The Labute approximate surface area is 160 Å². The maximum absolute atomic E-state index is 12.5. The van der Waals surface area contributed by atoms with E-state index >= 15 is 0 Å². The molecule has 1 aliphatic heterocycles. The van der Waals surface area contributed by atoms with Gasteiger partial charge in [-0.25, -0.2) is 0 Å². The predicted molar refractivity (Wildman–Crippen MR) is 103 cm³/mol. The Morgan fingerprint density at radius 2 is 1.33 bits per heavy atom. The second-order valence-corrected chi connectivity index (χ2v) is 7.65. The lowest BCUT2D eigenvalue weighted by Gasteiger charge is -2.30. The van der Waals surface area contributed by atoms with Crippen molar-refractivity contribution in [1.82, 2.24) is 4.90 Å². The van der Waals surface area contributed by atoms with Crippen LogP contribution in [0.3, 0.4) is 0 Å². The number of imide groups is 1. The summed E-state index contributed by atoms with van der Waals surface area (Å²) in [5.41, 5.74) is 2.30. The van der Waals surface area contributed by atoms with E-state index in [9.17, 15) is 9.59 Å². The van der Waals surface area contributed by atoms with Gasteiger partial charge in [-0.3, -0.25) is 14.5 Å². The van der Waals surface area contributed by atoms with Crippen LogP contribution in [-0.2, 0) is 11.3 Å². The van der Waals surface area contributed by atoms with Crippen LogP contribution >= 0.6 is 0 Å². The molecule has 0 aromatic heterocycles. The first-order chi connectivity index (χ1) is 13.2. The third kappa shape index (κ3) is 3.96. The van der Waals surface area contributed by atoms with Crippen molar-refractivity contribution < 1.29 is 14.3 Å². The molecule has 2 amide bonds. The summed E-state index contributed by atoms with van der Waals surface area (Å²) in [5, 5.41) is 0. The molecule has 0 saturated heterocycles. The molecule has 4 rings (SSSR count). The van der Waals surface area contributed by atoms with Crippen LogP contribution in [0.5, 0.6) is 0 Å². The molecule has 2 aliphatic rings. The Morgan fingerprint density at radius 3 is 1.96 bits per heavy atom. The summed E-state index contributed by atoms with van der Waals surface area (Å²) < 4.78 is 5.89. The SMILES string of the molecule is O=C1c2ccccc2C(=O)N1CC1CCC(COCc2ccccc2)CC1. The van der Waals surface area contributed by atoms with E-state index in [1.165, 1.54) is 10.5 Å². The maximum atomic E-state index is 12.5. The highest BCUT2D eigenvalue weighted by Crippen LogP contribution is 2.32. The second kappa shape index (κ2) is 8.05. The highest BCUT2D eigenvalue weighted by Gasteiger charge is 2.36. The van der Waals surface area contributed by atoms with Crippen LogP contribution in [0, 0.1) is 11.8 Å². The molecule has 4 nitrogen and oxygen atoms in total. The maximum Gasteiger partial charge on any atom is 0.261 e. The predicted octanol–water partition coefficient (Wildman–Crippen LogP) is 4.31. The number of fused-ring (bicyclic) bond motifs is 1. The Bertz CT molecular complexity index is 774. The largest absolute Gasteiger partial charge is 0.376 e. The number of amides is 2. The number of hydrogen-bond acceptors (Lipinski definition) is 3. The molecule has 0 spiro atoms. The normalized spacial score (nSPS) is 22.1. The van der Waals surface area contributed by atoms with Gasteiger partial charge in [-0.2, -0.15) is 0 Å². The number of hydrogen-bond donors (Lipinski definition) is 0. The van der Waals surface area contributed by atoms with Gasteiger partial charge in [0.15, 0.2) is 0 Å². The minimum absolute atomic E-state index is 0.135. The van der Waals surface area contributed by atoms with Gasteiger partial charge in [0.1, 0.15) is 0 Å². The van der Waals surface area contributed by atoms with Gasteiger partial charge in [0, 0.05) is 13.2 Å². The second-order valence-electron chi connectivity index (χ2n) is 7.65. The van der Waals surface area contributed by atoms with E-state index in [0.717, 1.165) is 32.3 Å². The standard InChI is InChI=1S/C23H25NO3/c25-22-20-8-4-5-9-21(20)23(26)24(22)14-17-10-12-19(13-11-17)16-27-15-18-6-2-1-3-7-18/h1-9,17,19H,10-16H2. The first-order valence-corrected chi connectivity index (χ1v) is 9.79. The lowest BCUT2D eigenvalue weighted by atomic mass is 9.82. The Kier molecular flexibility index (Phi) is 5.35. The van der Waals surface area contributed by atoms with Gasteiger partial charge in [0.25, 0.3) is 11.8 Å². The van der Waals surface area contributed by atoms with Gasteiger partial charge >= 0.3 is 0 Å². The number of nitrogens with zero attached hydrogens (tertiary/aromatic N) is 1. The quantitative estimate of drug-likeness (QED) is 0.719. The first kappa shape index (κ1) is 17.9. The lowest BCUT2D eigenvalue weighted by Crippen LogP contribution is -2.36. The summed E-state index contributed by atoms with van der Waals surface area (Å²) in [6.07, 6.45) is 4.30. The van der Waals surface area contributed by atoms with E-state index < -0.39 is 0 Å². The van der Waals surface area contributed by atoms with E-state index in [1.807, 2.05) is 30.3 Å². The Hall–Kier alpha value is -2.46. The lowest BCUT2D eigenvalue weighted by molar-refractivity contribution is 0.0532. The van der Waals surface area contributed by atoms with E-state index in [0.29, 0.717) is 36.1 Å². The number of carbonyl (C=O) groups is 2. The topological polar surface area (TPSA) is 46.6 Å². The van der Waals surface area contributed by atoms with Crippen molar-refractivity contribution in [2.24, 2.45) is 11.8 Å². The zero-order chi connectivity index (χ0) is 18.6. The average Bonchev–Trinajstić information content (AvgIpc) is 2.95. The fraction of sp³-hybridized carbons (Fsp3) is 0.391. The van der Waals surface area contributed by atoms with Crippen molar-refractivity contribution >= 4 is 11.8 Å². The van der Waals surface area contributed by atoms with Crippen LogP contribution in [0.25, 0.3) is 0 Å². The zero-order valence-electron chi connectivity index (χ0n) is 15.5. The van der Waals surface area contributed by atoms with E-state index in [-0.39, 0.29) is 11.8 Å². The van der Waals surface area contributed by atoms with Crippen molar-refractivity contribution in [3.05, 3.63) is 71.3 Å². The van der Waals surface area contributed by atoms with Gasteiger partial charge in [-0.15, -0.1) is 0 Å². The molecule has 4 heteroatoms. The van der Waals surface area contributed by atoms with Gasteiger partial charge in [-0.1, -0.05) is 42.5 Å². The van der Waals surface area contributed by atoms with Crippen LogP contribution in [0.15, 0.2) is 54.6 Å². The van der Waals surface area contributed by atoms with Gasteiger partial charge in [-0.05, 0) is 55.2 Å². The molecule has 140 valence electrons. The molecule has 0 atom stereocenters. The van der Waals surface area contributed by atoms with Crippen molar-refractivity contribution in [2.75, 3.05) is 13.2 Å². The van der Waals surface area contributed by atoms with E-state index in [1.54, 1.807) is 12.1 Å². The fourth-order valence-corrected chi connectivity index (χ4v) is 4.16. The molecule has 0 bridgehead atoms. The van der Waals surface area contributed by atoms with Crippen molar-refractivity contribution in [1.29, 1.82) is 0 Å². The van der Waals surface area contributed by atoms with Crippen LogP contribution < -0.4 is 0 Å². The van der Waals surface area contributed by atoms with E-state index in [4.69, 9.17) is 4.74 Å². The molecule has 1 aliphatic carbocycles.